The van der Waals surface area contributed by atoms with E-state index in [4.69, 9.17) is 21.1 Å². The summed E-state index contributed by atoms with van der Waals surface area (Å²) in [4.78, 5) is 25.3. The van der Waals surface area contributed by atoms with Crippen molar-refractivity contribution in [2.45, 2.75) is 13.8 Å². The first kappa shape index (κ1) is 20.9. The summed E-state index contributed by atoms with van der Waals surface area (Å²) >= 11 is 6.49. The molecule has 5 heteroatoms. The van der Waals surface area contributed by atoms with Crippen LogP contribution in [0.3, 0.4) is 0 Å². The van der Waals surface area contributed by atoms with Crippen molar-refractivity contribution in [3.63, 3.8) is 0 Å². The molecule has 0 saturated heterocycles. The van der Waals surface area contributed by atoms with Gasteiger partial charge in [-0.25, -0.2) is 9.59 Å². The predicted molar refractivity (Wildman–Crippen MR) is 123 cm³/mol. The van der Waals surface area contributed by atoms with Crippen molar-refractivity contribution in [1.82, 2.24) is 0 Å². The molecule has 0 saturated carbocycles. The van der Waals surface area contributed by atoms with Crippen molar-refractivity contribution < 1.29 is 19.1 Å². The topological polar surface area (TPSA) is 52.6 Å². The van der Waals surface area contributed by atoms with Gasteiger partial charge in [0, 0.05) is 0 Å². The number of halogens is 1. The highest BCUT2D eigenvalue weighted by Crippen LogP contribution is 2.42. The van der Waals surface area contributed by atoms with Crippen LogP contribution < -0.4 is 0 Å². The lowest BCUT2D eigenvalue weighted by molar-refractivity contribution is 0.0525. The van der Waals surface area contributed by atoms with Gasteiger partial charge in [-0.1, -0.05) is 78.3 Å². The average molecular weight is 433 g/mol. The molecule has 0 fully saturated rings. The molecule has 2 aromatic carbocycles. The summed E-state index contributed by atoms with van der Waals surface area (Å²) in [5.41, 5.74) is 3.48. The molecular formula is C26H21ClO4. The molecule has 0 bridgehead atoms. The Morgan fingerprint density at radius 1 is 0.710 bits per heavy atom. The van der Waals surface area contributed by atoms with Crippen LogP contribution in [0.25, 0.3) is 33.0 Å². The van der Waals surface area contributed by atoms with Crippen LogP contribution in [0.1, 0.15) is 34.6 Å². The highest BCUT2D eigenvalue weighted by Gasteiger charge is 2.31. The van der Waals surface area contributed by atoms with Crippen LogP contribution in [0.5, 0.6) is 0 Å². The lowest BCUT2D eigenvalue weighted by Gasteiger charge is -2.05. The van der Waals surface area contributed by atoms with Crippen LogP contribution in [-0.2, 0) is 9.47 Å². The van der Waals surface area contributed by atoms with Gasteiger partial charge < -0.3 is 9.47 Å². The van der Waals surface area contributed by atoms with E-state index in [0.29, 0.717) is 11.1 Å². The third-order valence-electron chi connectivity index (χ3n) is 5.19. The van der Waals surface area contributed by atoms with Gasteiger partial charge >= 0.3 is 11.9 Å². The van der Waals surface area contributed by atoms with Crippen LogP contribution in [0.4, 0.5) is 0 Å². The molecule has 2 aliphatic rings. The monoisotopic (exact) mass is 432 g/mol. The van der Waals surface area contributed by atoms with Gasteiger partial charge in [0.25, 0.3) is 0 Å². The molecule has 0 aliphatic heterocycles. The summed E-state index contributed by atoms with van der Waals surface area (Å²) in [5.74, 6) is -1.13. The Morgan fingerprint density at radius 3 is 1.84 bits per heavy atom. The fourth-order valence-electron chi connectivity index (χ4n) is 3.84. The van der Waals surface area contributed by atoms with Crippen molar-refractivity contribution in [3.8, 4) is 22.3 Å². The smallest absolute Gasteiger partial charge is 0.340 e. The number of carbonyl (C=O) groups excluding carboxylic acids is 2. The van der Waals surface area contributed by atoms with E-state index in [-0.39, 0.29) is 29.4 Å². The van der Waals surface area contributed by atoms with Crippen LogP contribution in [0.15, 0.2) is 66.7 Å². The number of fused-ring (bicyclic) bond motifs is 2. The van der Waals surface area contributed by atoms with Gasteiger partial charge in [0.05, 0.1) is 29.4 Å². The molecule has 0 N–H and O–H groups in total. The van der Waals surface area contributed by atoms with E-state index in [0.717, 1.165) is 21.9 Å². The molecule has 4 nitrogen and oxygen atoms in total. The zero-order chi connectivity index (χ0) is 22.0. The van der Waals surface area contributed by atoms with Crippen molar-refractivity contribution >= 4 is 34.3 Å². The second kappa shape index (κ2) is 8.78. The Labute approximate surface area is 185 Å². The molecule has 156 valence electrons. The second-order valence-corrected chi connectivity index (χ2v) is 7.36. The van der Waals surface area contributed by atoms with Crippen LogP contribution in [0, 0.1) is 0 Å². The highest BCUT2D eigenvalue weighted by molar-refractivity contribution is 6.39. The molecule has 31 heavy (non-hydrogen) atoms. The molecule has 4 rings (SSSR count). The van der Waals surface area contributed by atoms with Gasteiger partial charge in [-0.3, -0.25) is 0 Å². The van der Waals surface area contributed by atoms with Crippen LogP contribution in [0.2, 0.25) is 5.02 Å². The second-order valence-electron chi connectivity index (χ2n) is 6.98. The minimum absolute atomic E-state index is 0.0600. The van der Waals surface area contributed by atoms with E-state index in [2.05, 4.69) is 18.2 Å². The van der Waals surface area contributed by atoms with E-state index in [1.54, 1.807) is 13.8 Å². The maximum absolute atomic E-state index is 12.6. The number of hydrogen-bond acceptors (Lipinski definition) is 4. The summed E-state index contributed by atoms with van der Waals surface area (Å²) in [7, 11) is 0. The summed E-state index contributed by atoms with van der Waals surface area (Å²) in [6, 6.07) is 21.8. The molecule has 0 unspecified atom stereocenters. The molecular weight excluding hydrogens is 412 g/mol. The minimum Gasteiger partial charge on any atom is -0.462 e. The molecule has 0 amide bonds. The number of hydrogen-bond donors (Lipinski definition) is 0. The largest absolute Gasteiger partial charge is 0.462 e. The van der Waals surface area contributed by atoms with E-state index in [1.807, 2.05) is 48.5 Å². The quantitative estimate of drug-likeness (QED) is 0.332. The van der Waals surface area contributed by atoms with Gasteiger partial charge in [-0.05, 0) is 46.9 Å². The SMILES string of the molecule is CCOC(=O)c1c2ccc(-c3cccc4ccccc34)ccc-2c(C(=O)OCC)c1Cl. The molecule has 0 spiro atoms. The summed E-state index contributed by atoms with van der Waals surface area (Å²) in [6.07, 6.45) is 0. The van der Waals surface area contributed by atoms with E-state index in [1.165, 1.54) is 0 Å². The molecule has 2 aromatic rings. The molecule has 0 radical (unpaired) electrons. The number of benzene rings is 2. The Kier molecular flexibility index (Phi) is 5.92. The van der Waals surface area contributed by atoms with Crippen molar-refractivity contribution in [2.75, 3.05) is 13.2 Å². The maximum atomic E-state index is 12.6. The Balaban J connectivity index is 1.96. The summed E-state index contributed by atoms with van der Waals surface area (Å²) < 4.78 is 10.4. The number of ether oxygens (including phenoxy) is 2. The molecule has 2 aliphatic carbocycles. The zero-order valence-corrected chi connectivity index (χ0v) is 18.0. The lowest BCUT2D eigenvalue weighted by Crippen LogP contribution is -2.06. The van der Waals surface area contributed by atoms with E-state index in [9.17, 15) is 9.59 Å². The van der Waals surface area contributed by atoms with Gasteiger partial charge in [0.15, 0.2) is 0 Å². The average Bonchev–Trinajstić information content (AvgIpc) is 2.89. The Bertz CT molecular complexity index is 1200. The van der Waals surface area contributed by atoms with E-state index >= 15 is 0 Å². The normalized spacial score (nSPS) is 10.9. The number of esters is 2. The van der Waals surface area contributed by atoms with Crippen molar-refractivity contribution in [2.24, 2.45) is 0 Å². The zero-order valence-electron chi connectivity index (χ0n) is 17.3. The summed E-state index contributed by atoms with van der Waals surface area (Å²) in [6.45, 7) is 3.86. The summed E-state index contributed by atoms with van der Waals surface area (Å²) in [5, 5.41) is 2.31. The number of carbonyl (C=O) groups is 2. The first-order valence-electron chi connectivity index (χ1n) is 10.1. The molecule has 0 heterocycles. The predicted octanol–water partition coefficient (Wildman–Crippen LogP) is 6.62. The number of rotatable bonds is 5. The maximum Gasteiger partial charge on any atom is 0.340 e. The first-order chi connectivity index (χ1) is 15.1. The van der Waals surface area contributed by atoms with Gasteiger partial charge in [-0.2, -0.15) is 0 Å². The highest BCUT2D eigenvalue weighted by atomic mass is 35.5. The standard InChI is InChI=1S/C26H21ClO4/c1-3-30-25(28)22-20-14-12-17(19-11-7-9-16-8-5-6-10-18(16)19)13-15-21(20)23(24(22)27)26(29)31-4-2/h5-15H,3-4H2,1-2H3. The van der Waals surface area contributed by atoms with Crippen molar-refractivity contribution in [3.05, 3.63) is 82.9 Å². The van der Waals surface area contributed by atoms with Crippen LogP contribution >= 0.6 is 11.6 Å². The Hall–Kier alpha value is -3.37. The van der Waals surface area contributed by atoms with Gasteiger partial charge in [0.1, 0.15) is 0 Å². The fraction of sp³-hybridized carbons (Fsp3) is 0.154. The van der Waals surface area contributed by atoms with E-state index < -0.39 is 11.9 Å². The first-order valence-corrected chi connectivity index (χ1v) is 10.5. The van der Waals surface area contributed by atoms with Crippen molar-refractivity contribution in [1.29, 1.82) is 0 Å². The molecule has 0 atom stereocenters. The lowest BCUT2D eigenvalue weighted by atomic mass is 9.99. The Morgan fingerprint density at radius 2 is 1.26 bits per heavy atom. The minimum atomic E-state index is -0.564. The third-order valence-corrected chi connectivity index (χ3v) is 5.56. The van der Waals surface area contributed by atoms with Gasteiger partial charge in [-0.15, -0.1) is 0 Å². The van der Waals surface area contributed by atoms with Crippen LogP contribution in [-0.4, -0.2) is 25.2 Å². The van der Waals surface area contributed by atoms with Gasteiger partial charge in [0.2, 0.25) is 0 Å². The fourth-order valence-corrected chi connectivity index (χ4v) is 4.20. The third kappa shape index (κ3) is 3.75. The molecule has 0 aromatic heterocycles.